The number of halogens is 1. The van der Waals surface area contributed by atoms with Crippen LogP contribution in [0.3, 0.4) is 0 Å². The first kappa shape index (κ1) is 9.19. The summed E-state index contributed by atoms with van der Waals surface area (Å²) >= 11 is 6.06. The number of aromatic nitrogens is 2. The van der Waals surface area contributed by atoms with E-state index in [9.17, 15) is 0 Å². The summed E-state index contributed by atoms with van der Waals surface area (Å²) in [4.78, 5) is 7.83. The normalized spacial score (nSPS) is 16.9. The highest BCUT2D eigenvalue weighted by Gasteiger charge is 2.18. The minimum absolute atomic E-state index is 0.724. The van der Waals surface area contributed by atoms with E-state index < -0.39 is 0 Å². The second-order valence-electron chi connectivity index (χ2n) is 4.05. The Hall–Kier alpha value is -1.06. The molecule has 0 unspecified atom stereocenters. The first-order valence-corrected chi connectivity index (χ1v) is 5.54. The van der Waals surface area contributed by atoms with Gasteiger partial charge in [-0.1, -0.05) is 17.7 Å². The van der Waals surface area contributed by atoms with E-state index >= 15 is 0 Å². The summed E-state index contributed by atoms with van der Waals surface area (Å²) in [5.74, 6) is 1.77. The van der Waals surface area contributed by atoms with Crippen LogP contribution in [-0.4, -0.2) is 23.1 Å². The van der Waals surface area contributed by atoms with Gasteiger partial charge in [0.15, 0.2) is 0 Å². The van der Waals surface area contributed by atoms with Crippen molar-refractivity contribution in [2.45, 2.75) is 6.42 Å². The minimum atomic E-state index is 0.724. The number of hydrogen-bond donors (Lipinski definition) is 2. The molecule has 2 aromatic rings. The molecule has 1 aromatic carbocycles. The molecule has 2 N–H and O–H groups in total. The second-order valence-corrected chi connectivity index (χ2v) is 4.46. The van der Waals surface area contributed by atoms with Crippen molar-refractivity contribution in [3.63, 3.8) is 0 Å². The maximum atomic E-state index is 6.06. The lowest BCUT2D eigenvalue weighted by atomic mass is 9.99. The zero-order valence-corrected chi connectivity index (χ0v) is 9.01. The molecular formula is C11H12ClN3. The van der Waals surface area contributed by atoms with E-state index in [2.05, 4.69) is 15.3 Å². The minimum Gasteiger partial charge on any atom is -0.342 e. The molecule has 0 saturated carbocycles. The molecule has 2 heterocycles. The number of benzene rings is 1. The lowest BCUT2D eigenvalue weighted by molar-refractivity contribution is 0.342. The third kappa shape index (κ3) is 1.62. The summed E-state index contributed by atoms with van der Waals surface area (Å²) in [6.45, 7) is 2.20. The van der Waals surface area contributed by atoms with Crippen molar-refractivity contribution in [1.29, 1.82) is 0 Å². The molecule has 1 saturated heterocycles. The molecule has 1 aliphatic rings. The molecule has 0 bridgehead atoms. The number of H-pyrrole nitrogens is 1. The molecule has 0 spiro atoms. The Labute approximate surface area is 92.8 Å². The van der Waals surface area contributed by atoms with Gasteiger partial charge in [-0.25, -0.2) is 4.98 Å². The zero-order chi connectivity index (χ0) is 10.3. The summed E-state index contributed by atoms with van der Waals surface area (Å²) in [5, 5.41) is 3.98. The van der Waals surface area contributed by atoms with Crippen LogP contribution in [0.5, 0.6) is 0 Å². The summed E-state index contributed by atoms with van der Waals surface area (Å²) in [7, 11) is 0. The first-order valence-electron chi connectivity index (χ1n) is 5.17. The molecule has 3 rings (SSSR count). The molecule has 0 radical (unpaired) electrons. The van der Waals surface area contributed by atoms with Crippen LogP contribution < -0.4 is 5.32 Å². The monoisotopic (exact) mass is 221 g/mol. The smallest absolute Gasteiger partial charge is 0.107 e. The molecule has 78 valence electrons. The third-order valence-electron chi connectivity index (χ3n) is 2.86. The Morgan fingerprint density at radius 1 is 1.40 bits per heavy atom. The number of para-hydroxylation sites is 1. The highest BCUT2D eigenvalue weighted by molar-refractivity contribution is 6.34. The van der Waals surface area contributed by atoms with E-state index in [1.165, 1.54) is 0 Å². The number of fused-ring (bicyclic) bond motifs is 1. The van der Waals surface area contributed by atoms with Crippen molar-refractivity contribution >= 4 is 22.6 Å². The zero-order valence-electron chi connectivity index (χ0n) is 8.26. The van der Waals surface area contributed by atoms with Crippen molar-refractivity contribution < 1.29 is 0 Å². The fourth-order valence-corrected chi connectivity index (χ4v) is 2.13. The van der Waals surface area contributed by atoms with Crippen LogP contribution in [0.15, 0.2) is 18.2 Å². The number of nitrogens with zero attached hydrogens (tertiary/aromatic N) is 1. The summed E-state index contributed by atoms with van der Waals surface area (Å²) in [6, 6.07) is 5.83. The van der Waals surface area contributed by atoms with Crippen LogP contribution in [0.4, 0.5) is 0 Å². The predicted molar refractivity (Wildman–Crippen MR) is 61.2 cm³/mol. The first-order chi connectivity index (χ1) is 7.33. The maximum Gasteiger partial charge on any atom is 0.107 e. The fourth-order valence-electron chi connectivity index (χ4n) is 1.91. The molecule has 0 amide bonds. The Kier molecular flexibility index (Phi) is 2.15. The average molecular weight is 222 g/mol. The van der Waals surface area contributed by atoms with E-state index in [1.54, 1.807) is 0 Å². The van der Waals surface area contributed by atoms with Crippen molar-refractivity contribution in [3.05, 3.63) is 29.0 Å². The van der Waals surface area contributed by atoms with Gasteiger partial charge in [-0.15, -0.1) is 0 Å². The van der Waals surface area contributed by atoms with Gasteiger partial charge in [0.2, 0.25) is 0 Å². The number of aromatic amines is 1. The van der Waals surface area contributed by atoms with Crippen molar-refractivity contribution in [2.75, 3.05) is 13.1 Å². The van der Waals surface area contributed by atoms with Crippen LogP contribution in [-0.2, 0) is 6.42 Å². The van der Waals surface area contributed by atoms with Crippen LogP contribution in [0.25, 0.3) is 11.0 Å². The van der Waals surface area contributed by atoms with E-state index in [1.807, 2.05) is 18.2 Å². The fraction of sp³-hybridized carbons (Fsp3) is 0.364. The Morgan fingerprint density at radius 3 is 2.93 bits per heavy atom. The van der Waals surface area contributed by atoms with Crippen molar-refractivity contribution in [3.8, 4) is 0 Å². The van der Waals surface area contributed by atoms with Gasteiger partial charge in [-0.2, -0.15) is 0 Å². The van der Waals surface area contributed by atoms with Gasteiger partial charge < -0.3 is 10.3 Å². The second kappa shape index (κ2) is 3.51. The van der Waals surface area contributed by atoms with Gasteiger partial charge >= 0.3 is 0 Å². The van der Waals surface area contributed by atoms with Crippen LogP contribution in [0.1, 0.15) is 5.82 Å². The summed E-state index contributed by atoms with van der Waals surface area (Å²) in [6.07, 6.45) is 1.01. The Balaban J connectivity index is 1.95. The largest absolute Gasteiger partial charge is 0.342 e. The van der Waals surface area contributed by atoms with Gasteiger partial charge in [0, 0.05) is 6.42 Å². The SMILES string of the molecule is Clc1cccc2[nH]c(CC3CNC3)nc12. The topological polar surface area (TPSA) is 40.7 Å². The summed E-state index contributed by atoms with van der Waals surface area (Å²) in [5.41, 5.74) is 1.92. The van der Waals surface area contributed by atoms with Gasteiger partial charge in [0.1, 0.15) is 11.3 Å². The number of nitrogens with one attached hydrogen (secondary N) is 2. The van der Waals surface area contributed by atoms with E-state index in [0.717, 1.165) is 47.3 Å². The highest BCUT2D eigenvalue weighted by Crippen LogP contribution is 2.22. The summed E-state index contributed by atoms with van der Waals surface area (Å²) < 4.78 is 0. The van der Waals surface area contributed by atoms with E-state index in [0.29, 0.717) is 0 Å². The number of hydrogen-bond acceptors (Lipinski definition) is 2. The number of imidazole rings is 1. The van der Waals surface area contributed by atoms with E-state index in [-0.39, 0.29) is 0 Å². The average Bonchev–Trinajstić information content (AvgIpc) is 2.56. The molecule has 1 fully saturated rings. The van der Waals surface area contributed by atoms with Crippen molar-refractivity contribution in [1.82, 2.24) is 15.3 Å². The third-order valence-corrected chi connectivity index (χ3v) is 3.17. The van der Waals surface area contributed by atoms with E-state index in [4.69, 9.17) is 11.6 Å². The van der Waals surface area contributed by atoms with Gasteiger partial charge in [0.25, 0.3) is 0 Å². The van der Waals surface area contributed by atoms with Crippen LogP contribution in [0, 0.1) is 5.92 Å². The van der Waals surface area contributed by atoms with Crippen LogP contribution in [0.2, 0.25) is 5.02 Å². The molecule has 4 heteroatoms. The molecule has 1 aliphatic heterocycles. The molecule has 3 nitrogen and oxygen atoms in total. The predicted octanol–water partition coefficient (Wildman–Crippen LogP) is 1.98. The van der Waals surface area contributed by atoms with Gasteiger partial charge in [-0.05, 0) is 31.1 Å². The highest BCUT2D eigenvalue weighted by atomic mass is 35.5. The Bertz CT molecular complexity index is 488. The quantitative estimate of drug-likeness (QED) is 0.814. The van der Waals surface area contributed by atoms with Gasteiger partial charge in [0.05, 0.1) is 10.5 Å². The van der Waals surface area contributed by atoms with Crippen molar-refractivity contribution in [2.24, 2.45) is 5.92 Å². The maximum absolute atomic E-state index is 6.06. The molecule has 0 atom stereocenters. The number of rotatable bonds is 2. The lowest BCUT2D eigenvalue weighted by Crippen LogP contribution is -2.43. The lowest BCUT2D eigenvalue weighted by Gasteiger charge is -2.25. The Morgan fingerprint density at radius 2 is 2.27 bits per heavy atom. The molecular weight excluding hydrogens is 210 g/mol. The van der Waals surface area contributed by atoms with Crippen LogP contribution >= 0.6 is 11.6 Å². The van der Waals surface area contributed by atoms with Gasteiger partial charge in [-0.3, -0.25) is 0 Å². The molecule has 1 aromatic heterocycles. The molecule has 15 heavy (non-hydrogen) atoms. The standard InChI is InChI=1S/C11H12ClN3/c12-8-2-1-3-9-11(8)15-10(14-9)4-7-5-13-6-7/h1-3,7,13H,4-6H2,(H,14,15). The molecule has 0 aliphatic carbocycles.